The van der Waals surface area contributed by atoms with Crippen LogP contribution in [0.25, 0.3) is 16.8 Å². The lowest BCUT2D eigenvalue weighted by atomic mass is 10.0. The third kappa shape index (κ3) is 5.06. The minimum absolute atomic E-state index is 0.0856. The van der Waals surface area contributed by atoms with E-state index in [9.17, 15) is 40.6 Å². The Labute approximate surface area is 215 Å². The molecular weight excluding hydrogens is 549 g/mol. The number of carbonyl (C=O) groups excluding carboxylic acids is 1. The van der Waals surface area contributed by atoms with Crippen molar-refractivity contribution in [1.29, 1.82) is 0 Å². The Kier molecular flexibility index (Phi) is 5.75. The summed E-state index contributed by atoms with van der Waals surface area (Å²) in [6.45, 7) is -3.31. The molecule has 1 atom stereocenters. The lowest BCUT2D eigenvalue weighted by molar-refractivity contribution is -0.142. The summed E-state index contributed by atoms with van der Waals surface area (Å²) in [6, 6.07) is 2.07. The van der Waals surface area contributed by atoms with Gasteiger partial charge in [0.25, 0.3) is 5.91 Å². The van der Waals surface area contributed by atoms with Crippen molar-refractivity contribution in [3.8, 4) is 11.3 Å². The summed E-state index contributed by atoms with van der Waals surface area (Å²) in [5, 5.41) is 11.8. The number of aliphatic hydroxyl groups excluding tert-OH is 1. The number of hydrogen-bond acceptors (Lipinski definition) is 5. The van der Waals surface area contributed by atoms with Crippen molar-refractivity contribution in [3.05, 3.63) is 76.6 Å². The highest BCUT2D eigenvalue weighted by molar-refractivity contribution is 5.95. The van der Waals surface area contributed by atoms with Crippen LogP contribution in [0.15, 0.2) is 36.5 Å². The number of halogens is 9. The number of nitrogens with one attached hydrogen (secondary N) is 1. The lowest BCUT2D eigenvalue weighted by Gasteiger charge is -2.15. The maximum absolute atomic E-state index is 15.2. The molecular formula is C23H14F9N5O2. The number of fused-ring (bicyclic) bond motifs is 1. The van der Waals surface area contributed by atoms with E-state index in [1.807, 2.05) is 0 Å². The number of aryl methyl sites for hydroxylation is 1. The Morgan fingerprint density at radius 2 is 1.77 bits per heavy atom. The molecule has 0 aliphatic rings. The smallest absolute Gasteiger partial charge is 0.382 e. The van der Waals surface area contributed by atoms with Gasteiger partial charge in [0.15, 0.2) is 17.7 Å². The SMILES string of the molecule is [2H]C([2H])([2H])c1nc(-c2ccc(NC(=O)[C@@H](O)c3cc(F)cc(C(F)(F)F)c3)c(F)c2F)c2c(N)ncc(C(F)(F)F)n12. The molecule has 0 fully saturated rings. The van der Waals surface area contributed by atoms with E-state index in [0.717, 1.165) is 0 Å². The van der Waals surface area contributed by atoms with Gasteiger partial charge in [-0.3, -0.25) is 9.20 Å². The van der Waals surface area contributed by atoms with E-state index < -0.39 is 99.6 Å². The highest BCUT2D eigenvalue weighted by Crippen LogP contribution is 2.37. The van der Waals surface area contributed by atoms with E-state index in [2.05, 4.69) is 9.97 Å². The first-order chi connectivity index (χ1) is 19.2. The van der Waals surface area contributed by atoms with Gasteiger partial charge in [0, 0.05) is 9.68 Å². The number of alkyl halides is 6. The van der Waals surface area contributed by atoms with Gasteiger partial charge < -0.3 is 16.2 Å². The fourth-order valence-electron chi connectivity index (χ4n) is 3.64. The topological polar surface area (TPSA) is 106 Å². The highest BCUT2D eigenvalue weighted by atomic mass is 19.4. The van der Waals surface area contributed by atoms with Gasteiger partial charge >= 0.3 is 12.4 Å². The van der Waals surface area contributed by atoms with Gasteiger partial charge in [0.05, 0.1) is 17.4 Å². The standard InChI is InChI=1S/C23H14F9N5O2/c1-8-35-17(18-20(33)34-7-14(37(8)18)23(30,31)32)12-2-3-13(16(26)15(12)25)36-21(39)19(38)9-4-10(22(27,28)29)6-11(24)5-9/h2-7,19,38H,1H3,(H2,33,34)(H,36,39)/t19-/m0/s1/i1D3. The molecule has 0 saturated carbocycles. The second-order valence-corrected chi connectivity index (χ2v) is 7.95. The van der Waals surface area contributed by atoms with E-state index >= 15 is 8.78 Å². The van der Waals surface area contributed by atoms with Crippen LogP contribution in [0.3, 0.4) is 0 Å². The zero-order valence-corrected chi connectivity index (χ0v) is 18.7. The van der Waals surface area contributed by atoms with E-state index in [4.69, 9.17) is 9.85 Å². The van der Waals surface area contributed by atoms with Crippen molar-refractivity contribution in [1.82, 2.24) is 14.4 Å². The zero-order chi connectivity index (χ0) is 31.5. The number of aliphatic hydroxyl groups is 1. The number of nitrogens with zero attached hydrogens (tertiary/aromatic N) is 3. The maximum Gasteiger partial charge on any atom is 0.433 e. The highest BCUT2D eigenvalue weighted by Gasteiger charge is 2.36. The van der Waals surface area contributed by atoms with Crippen molar-refractivity contribution in [2.24, 2.45) is 0 Å². The Balaban J connectivity index is 1.78. The van der Waals surface area contributed by atoms with Crippen molar-refractivity contribution in [2.75, 3.05) is 11.1 Å². The predicted molar refractivity (Wildman–Crippen MR) is 117 cm³/mol. The predicted octanol–water partition coefficient (Wildman–Crippen LogP) is 5.41. The summed E-state index contributed by atoms with van der Waals surface area (Å²) in [4.78, 5) is 19.3. The van der Waals surface area contributed by atoms with E-state index in [1.165, 1.54) is 0 Å². The van der Waals surface area contributed by atoms with Crippen LogP contribution in [0.5, 0.6) is 0 Å². The zero-order valence-electron chi connectivity index (χ0n) is 21.7. The molecule has 39 heavy (non-hydrogen) atoms. The van der Waals surface area contributed by atoms with Crippen LogP contribution in [0.1, 0.15) is 32.9 Å². The quantitative estimate of drug-likeness (QED) is 0.287. The molecule has 0 bridgehead atoms. The van der Waals surface area contributed by atoms with E-state index in [-0.39, 0.29) is 22.7 Å². The summed E-state index contributed by atoms with van der Waals surface area (Å²) in [6.07, 6.45) is -12.5. The van der Waals surface area contributed by atoms with Crippen molar-refractivity contribution in [3.63, 3.8) is 0 Å². The molecule has 0 unspecified atom stereocenters. The summed E-state index contributed by atoms with van der Waals surface area (Å²) in [5.41, 5.74) is -1.99. The van der Waals surface area contributed by atoms with Gasteiger partial charge in [-0.15, -0.1) is 0 Å². The Hall–Kier alpha value is -4.34. The van der Waals surface area contributed by atoms with E-state index in [1.54, 1.807) is 5.32 Å². The molecule has 0 saturated heterocycles. The fourth-order valence-corrected chi connectivity index (χ4v) is 3.64. The molecule has 0 radical (unpaired) electrons. The first-order valence-electron chi connectivity index (χ1n) is 11.8. The average Bonchev–Trinajstić information content (AvgIpc) is 3.26. The molecule has 2 heterocycles. The van der Waals surface area contributed by atoms with Gasteiger partial charge in [-0.2, -0.15) is 26.3 Å². The summed E-state index contributed by atoms with van der Waals surface area (Å²) in [7, 11) is 0. The number of nitrogens with two attached hydrogens (primary N) is 1. The van der Waals surface area contributed by atoms with Crippen LogP contribution in [0.4, 0.5) is 51.0 Å². The molecule has 0 aliphatic heterocycles. The number of aromatic nitrogens is 3. The number of rotatable bonds is 4. The van der Waals surface area contributed by atoms with Crippen LogP contribution in [0.2, 0.25) is 0 Å². The second-order valence-electron chi connectivity index (χ2n) is 7.95. The maximum atomic E-state index is 15.2. The largest absolute Gasteiger partial charge is 0.433 e. The molecule has 4 rings (SSSR count). The Morgan fingerprint density at radius 1 is 1.08 bits per heavy atom. The Bertz CT molecular complexity index is 1720. The van der Waals surface area contributed by atoms with Crippen LogP contribution in [0, 0.1) is 24.3 Å². The number of amides is 1. The third-order valence-corrected chi connectivity index (χ3v) is 5.38. The molecule has 2 aromatic heterocycles. The number of hydrogen-bond donors (Lipinski definition) is 3. The van der Waals surface area contributed by atoms with Crippen LogP contribution < -0.4 is 11.1 Å². The number of imidazole rings is 1. The van der Waals surface area contributed by atoms with Gasteiger partial charge in [-0.05, 0) is 42.7 Å². The summed E-state index contributed by atoms with van der Waals surface area (Å²) in [5.74, 6) is -8.77. The first-order valence-corrected chi connectivity index (χ1v) is 10.3. The van der Waals surface area contributed by atoms with Gasteiger partial charge in [0.2, 0.25) is 0 Å². The van der Waals surface area contributed by atoms with Gasteiger partial charge in [-0.25, -0.2) is 23.1 Å². The molecule has 1 amide bonds. The molecule has 206 valence electrons. The average molecular weight is 566 g/mol. The van der Waals surface area contributed by atoms with Crippen LogP contribution in [-0.4, -0.2) is 25.4 Å². The summed E-state index contributed by atoms with van der Waals surface area (Å²) < 4.78 is 147. The normalized spacial score (nSPS) is 14.6. The lowest BCUT2D eigenvalue weighted by Crippen LogP contribution is -2.22. The molecule has 4 aromatic rings. The van der Waals surface area contributed by atoms with Crippen molar-refractivity contribution >= 4 is 22.9 Å². The number of anilines is 2. The van der Waals surface area contributed by atoms with Crippen molar-refractivity contribution < 1.29 is 53.5 Å². The third-order valence-electron chi connectivity index (χ3n) is 5.38. The first kappa shape index (κ1) is 23.8. The fraction of sp³-hybridized carbons (Fsp3) is 0.174. The molecule has 16 heteroatoms. The summed E-state index contributed by atoms with van der Waals surface area (Å²) >= 11 is 0. The van der Waals surface area contributed by atoms with Gasteiger partial charge in [0.1, 0.15) is 34.4 Å². The second kappa shape index (κ2) is 9.44. The van der Waals surface area contributed by atoms with Crippen LogP contribution >= 0.6 is 0 Å². The molecule has 7 nitrogen and oxygen atoms in total. The number of nitrogen functional groups attached to an aromatic ring is 1. The molecule has 0 aliphatic carbocycles. The minimum atomic E-state index is -5.18. The molecule has 0 spiro atoms. The van der Waals surface area contributed by atoms with Crippen LogP contribution in [-0.2, 0) is 17.1 Å². The molecule has 2 aromatic carbocycles. The Morgan fingerprint density at radius 3 is 2.38 bits per heavy atom. The van der Waals surface area contributed by atoms with E-state index in [0.29, 0.717) is 18.2 Å². The molecule has 4 N–H and O–H groups in total. The number of carbonyl (C=O) groups is 1. The monoisotopic (exact) mass is 566 g/mol. The van der Waals surface area contributed by atoms with Gasteiger partial charge in [-0.1, -0.05) is 0 Å². The number of benzene rings is 2. The minimum Gasteiger partial charge on any atom is -0.382 e. The van der Waals surface area contributed by atoms with Crippen molar-refractivity contribution in [2.45, 2.75) is 25.3 Å².